The Morgan fingerprint density at radius 3 is 2.53 bits per heavy atom. The molecule has 166 valence electrons. The molecule has 4 rings (SSSR count). The van der Waals surface area contributed by atoms with Crippen LogP contribution < -0.4 is 18.9 Å². The van der Waals surface area contributed by atoms with Gasteiger partial charge in [-0.3, -0.25) is 9.59 Å². The maximum absolute atomic E-state index is 12.9. The highest BCUT2D eigenvalue weighted by atomic mass is 16.6. The van der Waals surface area contributed by atoms with Gasteiger partial charge in [0.05, 0.1) is 18.7 Å². The van der Waals surface area contributed by atoms with Crippen LogP contribution in [0, 0.1) is 17.2 Å². The Morgan fingerprint density at radius 2 is 1.81 bits per heavy atom. The zero-order valence-electron chi connectivity index (χ0n) is 17.8. The number of ketones is 1. The summed E-state index contributed by atoms with van der Waals surface area (Å²) in [5.41, 5.74) is 1.06. The zero-order valence-corrected chi connectivity index (χ0v) is 17.8. The number of likely N-dealkylation sites (tertiary alicyclic amines) is 1. The molecule has 0 atom stereocenters. The van der Waals surface area contributed by atoms with Crippen molar-refractivity contribution in [3.8, 4) is 29.1 Å². The maximum Gasteiger partial charge on any atom is 0.260 e. The molecule has 2 aliphatic heterocycles. The molecule has 1 amide bonds. The Hall–Kier alpha value is -3.73. The minimum atomic E-state index is -0.151. The van der Waals surface area contributed by atoms with Crippen LogP contribution in [0.3, 0.4) is 0 Å². The molecule has 8 nitrogen and oxygen atoms in total. The second-order valence-corrected chi connectivity index (χ2v) is 7.64. The second-order valence-electron chi connectivity index (χ2n) is 7.64. The van der Waals surface area contributed by atoms with E-state index in [1.165, 1.54) is 7.11 Å². The van der Waals surface area contributed by atoms with Gasteiger partial charge in [0.15, 0.2) is 35.4 Å². The van der Waals surface area contributed by atoms with Crippen LogP contribution in [0.4, 0.5) is 0 Å². The Labute approximate surface area is 186 Å². The summed E-state index contributed by atoms with van der Waals surface area (Å²) in [4.78, 5) is 27.2. The van der Waals surface area contributed by atoms with Crippen molar-refractivity contribution >= 4 is 11.7 Å². The third-order valence-electron chi connectivity index (χ3n) is 5.69. The van der Waals surface area contributed by atoms with E-state index in [1.54, 1.807) is 41.3 Å². The lowest BCUT2D eigenvalue weighted by Gasteiger charge is -2.31. The van der Waals surface area contributed by atoms with Crippen molar-refractivity contribution in [3.05, 3.63) is 47.5 Å². The fourth-order valence-electron chi connectivity index (χ4n) is 3.91. The summed E-state index contributed by atoms with van der Waals surface area (Å²) in [6, 6.07) is 12.1. The minimum Gasteiger partial charge on any atom is -0.493 e. The number of hydrogen-bond acceptors (Lipinski definition) is 7. The van der Waals surface area contributed by atoms with Crippen LogP contribution in [0.1, 0.15) is 28.8 Å². The zero-order chi connectivity index (χ0) is 22.5. The molecule has 1 fully saturated rings. The van der Waals surface area contributed by atoms with E-state index in [1.807, 2.05) is 6.07 Å². The lowest BCUT2D eigenvalue weighted by atomic mass is 9.88. The first-order chi connectivity index (χ1) is 15.6. The van der Waals surface area contributed by atoms with E-state index in [4.69, 9.17) is 24.2 Å². The van der Waals surface area contributed by atoms with Gasteiger partial charge in [-0.1, -0.05) is 0 Å². The Bertz CT molecular complexity index is 1050. The van der Waals surface area contributed by atoms with Crippen LogP contribution in [-0.2, 0) is 4.79 Å². The van der Waals surface area contributed by atoms with Gasteiger partial charge in [-0.25, -0.2) is 0 Å². The molecule has 2 heterocycles. The molecule has 0 aromatic heterocycles. The molecule has 0 unspecified atom stereocenters. The topological polar surface area (TPSA) is 98.1 Å². The highest BCUT2D eigenvalue weighted by Crippen LogP contribution is 2.33. The maximum atomic E-state index is 12.9. The van der Waals surface area contributed by atoms with Crippen LogP contribution in [-0.4, -0.2) is 56.6 Å². The summed E-state index contributed by atoms with van der Waals surface area (Å²) in [7, 11) is 1.48. The molecule has 2 aromatic rings. The lowest BCUT2D eigenvalue weighted by molar-refractivity contribution is -0.134. The minimum absolute atomic E-state index is 0.0626. The number of piperidine rings is 1. The highest BCUT2D eigenvalue weighted by molar-refractivity contribution is 5.98. The van der Waals surface area contributed by atoms with Crippen molar-refractivity contribution in [2.75, 3.05) is 40.0 Å². The standard InChI is InChI=1S/C24H24N2O6/c1-29-21-12-16(14-25)2-4-19(21)32-15-23(27)26-8-6-17(7-9-26)24(28)18-3-5-20-22(13-18)31-11-10-30-20/h2-5,12-13,17H,6-11,15H2,1H3. The van der Waals surface area contributed by atoms with Gasteiger partial charge in [0.2, 0.25) is 0 Å². The number of nitriles is 1. The van der Waals surface area contributed by atoms with Crippen molar-refractivity contribution in [1.29, 1.82) is 5.26 Å². The number of methoxy groups -OCH3 is 1. The first-order valence-corrected chi connectivity index (χ1v) is 10.5. The molecule has 0 saturated carbocycles. The van der Waals surface area contributed by atoms with Gasteiger partial charge in [0.1, 0.15) is 13.2 Å². The number of amides is 1. The summed E-state index contributed by atoms with van der Waals surface area (Å²) in [5.74, 6) is 1.84. The Balaban J connectivity index is 1.30. The van der Waals surface area contributed by atoms with Gasteiger partial charge in [0, 0.05) is 30.6 Å². The van der Waals surface area contributed by atoms with Gasteiger partial charge < -0.3 is 23.8 Å². The second kappa shape index (κ2) is 9.60. The van der Waals surface area contributed by atoms with E-state index in [-0.39, 0.29) is 24.2 Å². The molecule has 0 radical (unpaired) electrons. The van der Waals surface area contributed by atoms with E-state index >= 15 is 0 Å². The van der Waals surface area contributed by atoms with Crippen molar-refractivity contribution in [3.63, 3.8) is 0 Å². The van der Waals surface area contributed by atoms with Crippen molar-refractivity contribution in [2.45, 2.75) is 12.8 Å². The average Bonchev–Trinajstić information content (AvgIpc) is 2.86. The van der Waals surface area contributed by atoms with Gasteiger partial charge in [-0.15, -0.1) is 0 Å². The van der Waals surface area contributed by atoms with E-state index in [0.717, 1.165) is 0 Å². The molecule has 2 aliphatic rings. The van der Waals surface area contributed by atoms with Crippen LogP contribution in [0.2, 0.25) is 0 Å². The molecule has 1 saturated heterocycles. The van der Waals surface area contributed by atoms with E-state index < -0.39 is 0 Å². The molecule has 0 spiro atoms. The van der Waals surface area contributed by atoms with E-state index in [0.29, 0.717) is 73.3 Å². The third-order valence-corrected chi connectivity index (χ3v) is 5.69. The van der Waals surface area contributed by atoms with Gasteiger partial charge in [-0.2, -0.15) is 5.26 Å². The fourth-order valence-corrected chi connectivity index (χ4v) is 3.91. The summed E-state index contributed by atoms with van der Waals surface area (Å²) < 4.78 is 21.9. The summed E-state index contributed by atoms with van der Waals surface area (Å²) in [6.07, 6.45) is 1.19. The summed E-state index contributed by atoms with van der Waals surface area (Å²) >= 11 is 0. The number of nitrogens with zero attached hydrogens (tertiary/aromatic N) is 2. The van der Waals surface area contributed by atoms with Crippen molar-refractivity contribution in [2.24, 2.45) is 5.92 Å². The SMILES string of the molecule is COc1cc(C#N)ccc1OCC(=O)N1CCC(C(=O)c2ccc3c(c2)OCCO3)CC1. The van der Waals surface area contributed by atoms with Crippen LogP contribution in [0.25, 0.3) is 0 Å². The van der Waals surface area contributed by atoms with E-state index in [2.05, 4.69) is 0 Å². The Kier molecular flexibility index (Phi) is 6.45. The number of rotatable bonds is 6. The average molecular weight is 436 g/mol. The summed E-state index contributed by atoms with van der Waals surface area (Å²) in [6.45, 7) is 1.83. The van der Waals surface area contributed by atoms with Gasteiger partial charge >= 0.3 is 0 Å². The Morgan fingerprint density at radius 1 is 1.06 bits per heavy atom. The molecule has 0 N–H and O–H groups in total. The molecular formula is C24H24N2O6. The van der Waals surface area contributed by atoms with Crippen LogP contribution in [0.15, 0.2) is 36.4 Å². The predicted octanol–water partition coefficient (Wildman–Crippen LogP) is 2.84. The molecule has 0 bridgehead atoms. The smallest absolute Gasteiger partial charge is 0.260 e. The predicted molar refractivity (Wildman–Crippen MR) is 114 cm³/mol. The number of Topliss-reactive ketones (excluding diaryl/α,β-unsaturated/α-hetero) is 1. The fraction of sp³-hybridized carbons (Fsp3) is 0.375. The normalized spacial score (nSPS) is 15.6. The van der Waals surface area contributed by atoms with Crippen molar-refractivity contribution in [1.82, 2.24) is 4.90 Å². The number of carbonyl (C=O) groups excluding carboxylic acids is 2. The number of ether oxygens (including phenoxy) is 4. The first-order valence-electron chi connectivity index (χ1n) is 10.5. The molecule has 8 heteroatoms. The number of carbonyl (C=O) groups is 2. The largest absolute Gasteiger partial charge is 0.493 e. The molecule has 2 aromatic carbocycles. The number of hydrogen-bond donors (Lipinski definition) is 0. The molecule has 32 heavy (non-hydrogen) atoms. The molecular weight excluding hydrogens is 412 g/mol. The quantitative estimate of drug-likeness (QED) is 0.642. The van der Waals surface area contributed by atoms with Crippen LogP contribution in [0.5, 0.6) is 23.0 Å². The third kappa shape index (κ3) is 4.62. The van der Waals surface area contributed by atoms with Gasteiger partial charge in [-0.05, 0) is 43.2 Å². The highest BCUT2D eigenvalue weighted by Gasteiger charge is 2.29. The first kappa shape index (κ1) is 21.5. The molecule has 0 aliphatic carbocycles. The van der Waals surface area contributed by atoms with E-state index in [9.17, 15) is 9.59 Å². The lowest BCUT2D eigenvalue weighted by Crippen LogP contribution is -2.42. The monoisotopic (exact) mass is 436 g/mol. The number of benzene rings is 2. The van der Waals surface area contributed by atoms with Gasteiger partial charge in [0.25, 0.3) is 5.91 Å². The van der Waals surface area contributed by atoms with Crippen molar-refractivity contribution < 1.29 is 28.5 Å². The summed E-state index contributed by atoms with van der Waals surface area (Å²) in [5, 5.41) is 8.98. The number of fused-ring (bicyclic) bond motifs is 1. The van der Waals surface area contributed by atoms with Crippen LogP contribution >= 0.6 is 0 Å².